The first-order valence-electron chi connectivity index (χ1n) is 18.9. The van der Waals surface area contributed by atoms with Crippen LogP contribution in [0, 0.1) is 22.7 Å². The first kappa shape index (κ1) is 38.6. The number of nitriles is 1. The third-order valence-electron chi connectivity index (χ3n) is 11.1. The Kier molecular flexibility index (Phi) is 12.4. The highest BCUT2D eigenvalue weighted by Gasteiger charge is 2.40. The minimum atomic E-state index is -0.678. The van der Waals surface area contributed by atoms with E-state index < -0.39 is 11.3 Å². The van der Waals surface area contributed by atoms with Gasteiger partial charge in [-0.2, -0.15) is 5.26 Å². The second kappa shape index (κ2) is 17.4. The van der Waals surface area contributed by atoms with E-state index in [0.717, 1.165) is 29.2 Å². The number of anilines is 1. The van der Waals surface area contributed by atoms with E-state index >= 15 is 0 Å². The number of benzene rings is 4. The predicted octanol–water partition coefficient (Wildman–Crippen LogP) is 9.42. The first-order chi connectivity index (χ1) is 26.1. The van der Waals surface area contributed by atoms with Crippen molar-refractivity contribution in [3.8, 4) is 17.6 Å². The van der Waals surface area contributed by atoms with Crippen molar-refractivity contribution >= 4 is 45.8 Å². The molecule has 0 aromatic heterocycles. The summed E-state index contributed by atoms with van der Waals surface area (Å²) in [6.07, 6.45) is 8.89. The van der Waals surface area contributed by atoms with Gasteiger partial charge in [0.25, 0.3) is 11.8 Å². The third-order valence-corrected chi connectivity index (χ3v) is 11.3. The average molecular weight is 750 g/mol. The van der Waals surface area contributed by atoms with Crippen LogP contribution in [0.3, 0.4) is 0 Å². The number of nitrogens with zero attached hydrogens (tertiary/aromatic N) is 2. The molecule has 2 aliphatic carbocycles. The predicted molar refractivity (Wildman–Crippen MR) is 210 cm³/mol. The fourth-order valence-electron chi connectivity index (χ4n) is 7.71. The Bertz CT molecular complexity index is 2040. The number of hydrogen-bond donors (Lipinski definition) is 1. The van der Waals surface area contributed by atoms with Crippen molar-refractivity contribution < 1.29 is 28.6 Å². The smallest absolute Gasteiger partial charge is 0.312 e. The van der Waals surface area contributed by atoms with E-state index in [1.807, 2.05) is 49.4 Å². The van der Waals surface area contributed by atoms with Gasteiger partial charge in [-0.3, -0.25) is 14.4 Å². The van der Waals surface area contributed by atoms with Gasteiger partial charge in [0.1, 0.15) is 24.2 Å². The number of nitrogens with one attached hydrogen (secondary N) is 1. The maximum atomic E-state index is 14.2. The largest absolute Gasteiger partial charge is 0.496 e. The molecule has 10 heteroatoms. The minimum absolute atomic E-state index is 0.163. The number of rotatable bonds is 11. The summed E-state index contributed by atoms with van der Waals surface area (Å²) < 4.78 is 17.8. The molecule has 6 rings (SSSR count). The molecule has 4 aromatic rings. The molecule has 4 aromatic carbocycles. The number of hydrogen-bond acceptors (Lipinski definition) is 7. The van der Waals surface area contributed by atoms with Gasteiger partial charge in [-0.15, -0.1) is 0 Å². The number of carbonyl (C=O) groups excluding carboxylic acids is 3. The lowest BCUT2D eigenvalue weighted by atomic mass is 9.74. The molecule has 2 saturated carbocycles. The molecule has 0 heterocycles. The van der Waals surface area contributed by atoms with E-state index in [0.29, 0.717) is 54.4 Å². The number of fused-ring (bicyclic) bond motifs is 1. The van der Waals surface area contributed by atoms with Gasteiger partial charge in [0.2, 0.25) is 0 Å². The third kappa shape index (κ3) is 8.82. The summed E-state index contributed by atoms with van der Waals surface area (Å²) in [7, 11) is 3.01. The van der Waals surface area contributed by atoms with E-state index in [2.05, 4.69) is 11.4 Å². The molecule has 0 aliphatic heterocycles. The van der Waals surface area contributed by atoms with Crippen LogP contribution in [0.25, 0.3) is 10.8 Å². The Morgan fingerprint density at radius 3 is 2.35 bits per heavy atom. The summed E-state index contributed by atoms with van der Waals surface area (Å²) >= 11 is 6.39. The molecule has 54 heavy (non-hydrogen) atoms. The van der Waals surface area contributed by atoms with Crippen LogP contribution < -0.4 is 19.7 Å². The maximum Gasteiger partial charge on any atom is 0.312 e. The summed E-state index contributed by atoms with van der Waals surface area (Å²) in [5, 5.41) is 15.7. The fourth-order valence-corrected chi connectivity index (χ4v) is 7.88. The molecule has 0 bridgehead atoms. The highest BCUT2D eigenvalue weighted by atomic mass is 35.5. The lowest BCUT2D eigenvalue weighted by molar-refractivity contribution is -0.159. The highest BCUT2D eigenvalue weighted by molar-refractivity contribution is 6.31. The van der Waals surface area contributed by atoms with Crippen LogP contribution in [0.5, 0.6) is 11.5 Å². The lowest BCUT2D eigenvalue weighted by Gasteiger charge is -2.35. The van der Waals surface area contributed by atoms with Gasteiger partial charge >= 0.3 is 5.97 Å². The fraction of sp³-hybridized carbons (Fsp3) is 0.409. The summed E-state index contributed by atoms with van der Waals surface area (Å²) in [4.78, 5) is 42.4. The van der Waals surface area contributed by atoms with Crippen molar-refractivity contribution in [1.29, 1.82) is 5.26 Å². The zero-order chi connectivity index (χ0) is 38.2. The molecule has 0 saturated heterocycles. The van der Waals surface area contributed by atoms with Gasteiger partial charge in [-0.05, 0) is 92.0 Å². The van der Waals surface area contributed by atoms with Gasteiger partial charge in [0.05, 0.1) is 41.0 Å². The van der Waals surface area contributed by atoms with E-state index in [1.54, 1.807) is 25.2 Å². The topological polar surface area (TPSA) is 118 Å². The average Bonchev–Trinajstić information content (AvgIpc) is 3.48. The zero-order valence-corrected chi connectivity index (χ0v) is 32.0. The van der Waals surface area contributed by atoms with Crippen LogP contribution in [0.2, 0.25) is 5.02 Å². The van der Waals surface area contributed by atoms with Crippen molar-refractivity contribution in [2.45, 2.75) is 83.8 Å². The van der Waals surface area contributed by atoms with Crippen molar-refractivity contribution in [3.05, 3.63) is 100 Å². The molecule has 282 valence electrons. The monoisotopic (exact) mass is 749 g/mol. The molecule has 0 unspecified atom stereocenters. The number of carbonyl (C=O) groups is 3. The molecule has 2 aliphatic rings. The van der Waals surface area contributed by atoms with E-state index in [1.165, 1.54) is 49.8 Å². The Morgan fingerprint density at radius 2 is 1.63 bits per heavy atom. The number of methoxy groups -OCH3 is 1. The summed E-state index contributed by atoms with van der Waals surface area (Å²) in [5.41, 5.74) is 1.34. The molecule has 2 fully saturated rings. The van der Waals surface area contributed by atoms with Gasteiger partial charge in [0.15, 0.2) is 0 Å². The minimum Gasteiger partial charge on any atom is -0.496 e. The van der Waals surface area contributed by atoms with Gasteiger partial charge in [0, 0.05) is 24.7 Å². The number of ether oxygens (including phenoxy) is 3. The molecule has 9 nitrogen and oxygen atoms in total. The number of esters is 1. The Morgan fingerprint density at radius 1 is 0.907 bits per heavy atom. The molecule has 0 atom stereocenters. The van der Waals surface area contributed by atoms with E-state index in [9.17, 15) is 19.6 Å². The van der Waals surface area contributed by atoms with Gasteiger partial charge in [-0.25, -0.2) is 0 Å². The number of halogens is 1. The summed E-state index contributed by atoms with van der Waals surface area (Å²) in [5.74, 6) is -0.114. The van der Waals surface area contributed by atoms with Crippen molar-refractivity contribution in [3.63, 3.8) is 0 Å². The van der Waals surface area contributed by atoms with Crippen LogP contribution in [0.4, 0.5) is 5.69 Å². The van der Waals surface area contributed by atoms with Crippen LogP contribution in [-0.2, 0) is 16.1 Å². The molecular formula is C44H48ClN3O6. The quantitative estimate of drug-likeness (QED) is 0.120. The van der Waals surface area contributed by atoms with Crippen LogP contribution >= 0.6 is 11.6 Å². The summed E-state index contributed by atoms with van der Waals surface area (Å²) in [6.45, 7) is 2.70. The second-order valence-corrected chi connectivity index (χ2v) is 15.3. The van der Waals surface area contributed by atoms with Crippen molar-refractivity contribution in [2.75, 3.05) is 25.6 Å². The molecular weight excluding hydrogens is 702 g/mol. The van der Waals surface area contributed by atoms with Crippen LogP contribution in [0.15, 0.2) is 72.8 Å². The van der Waals surface area contributed by atoms with Gasteiger partial charge in [-0.1, -0.05) is 79.7 Å². The molecule has 0 spiro atoms. The second-order valence-electron chi connectivity index (χ2n) is 14.8. The van der Waals surface area contributed by atoms with Crippen LogP contribution in [-0.4, -0.2) is 44.6 Å². The van der Waals surface area contributed by atoms with Crippen molar-refractivity contribution in [1.82, 2.24) is 5.32 Å². The molecule has 1 N–H and O–H groups in total. The molecule has 0 radical (unpaired) electrons. The standard InChI is InChI=1S/C44H48ClN3O6/c1-44(43(51)53-28-31-15-10-14-30-13-8-9-16-35(30)31)21-19-34(20-22-44)54-39-25-37(40(52-3)23-32(39)26-46)42(50)48(2)38-24-33(45)17-18-36(38)41(49)47-27-29-11-6-4-5-7-12-29/h8-10,13-18,23-25,29,34H,4-7,11-12,19-22,27-28H2,1-3H3,(H,47,49)/t34-,44+. The summed E-state index contributed by atoms with van der Waals surface area (Å²) in [6, 6.07) is 24.1. The highest BCUT2D eigenvalue weighted by Crippen LogP contribution is 2.40. The number of amides is 2. The Hall–Kier alpha value is -5.07. The SMILES string of the molecule is COc1cc(C#N)c(O[C@H]2CC[C@@](C)(C(=O)OCc3cccc4ccccc34)CC2)cc1C(=O)N(C)c1cc(Cl)ccc1C(=O)NCC1CCCCCC1. The normalized spacial score (nSPS) is 18.9. The molecule has 2 amide bonds. The Balaban J connectivity index is 1.13. The van der Waals surface area contributed by atoms with E-state index in [4.69, 9.17) is 25.8 Å². The zero-order valence-electron chi connectivity index (χ0n) is 31.3. The maximum absolute atomic E-state index is 14.2. The van der Waals surface area contributed by atoms with Crippen LogP contribution in [0.1, 0.15) is 103 Å². The van der Waals surface area contributed by atoms with Crippen molar-refractivity contribution in [2.24, 2.45) is 11.3 Å². The lowest BCUT2D eigenvalue weighted by Crippen LogP contribution is -2.37. The first-order valence-corrected chi connectivity index (χ1v) is 19.3. The van der Waals surface area contributed by atoms with E-state index in [-0.39, 0.29) is 47.2 Å². The van der Waals surface area contributed by atoms with Gasteiger partial charge < -0.3 is 24.4 Å². The Labute approximate surface area is 322 Å².